The van der Waals surface area contributed by atoms with E-state index in [9.17, 15) is 18.5 Å². The van der Waals surface area contributed by atoms with Gasteiger partial charge in [0.25, 0.3) is 5.69 Å². The van der Waals surface area contributed by atoms with Gasteiger partial charge in [0.05, 0.1) is 15.4 Å². The molecular formula is C19H22N6O4S. The van der Waals surface area contributed by atoms with Crippen molar-refractivity contribution in [2.24, 2.45) is 0 Å². The molecule has 1 aromatic carbocycles. The second-order valence-electron chi connectivity index (χ2n) is 6.77. The van der Waals surface area contributed by atoms with Gasteiger partial charge >= 0.3 is 0 Å². The molecule has 0 saturated carbocycles. The first kappa shape index (κ1) is 21.5. The summed E-state index contributed by atoms with van der Waals surface area (Å²) in [6.45, 7) is 1.52. The van der Waals surface area contributed by atoms with E-state index in [1.807, 2.05) is 6.07 Å². The maximum Gasteiger partial charge on any atom is 0.293 e. The molecule has 0 spiro atoms. The molecule has 0 amide bonds. The van der Waals surface area contributed by atoms with Crippen molar-refractivity contribution in [1.29, 1.82) is 5.26 Å². The Bertz CT molecular complexity index is 1060. The molecule has 158 valence electrons. The molecule has 0 bridgehead atoms. The van der Waals surface area contributed by atoms with E-state index in [0.29, 0.717) is 37.6 Å². The van der Waals surface area contributed by atoms with E-state index in [1.54, 1.807) is 18.3 Å². The van der Waals surface area contributed by atoms with Crippen molar-refractivity contribution >= 4 is 27.2 Å². The van der Waals surface area contributed by atoms with E-state index >= 15 is 0 Å². The molecule has 1 aliphatic heterocycles. The largest absolute Gasteiger partial charge is 0.378 e. The number of rotatable bonds is 8. The van der Waals surface area contributed by atoms with Crippen molar-refractivity contribution in [1.82, 2.24) is 9.29 Å². The Kier molecular flexibility index (Phi) is 6.81. The van der Waals surface area contributed by atoms with Crippen LogP contribution in [0.15, 0.2) is 41.4 Å². The molecule has 2 heterocycles. The zero-order valence-electron chi connectivity index (χ0n) is 16.2. The third-order valence-electron chi connectivity index (χ3n) is 4.78. The first-order valence-corrected chi connectivity index (χ1v) is 11.0. The van der Waals surface area contributed by atoms with Crippen LogP contribution in [0, 0.1) is 21.4 Å². The first-order chi connectivity index (χ1) is 14.4. The fourth-order valence-corrected chi connectivity index (χ4v) is 4.78. The smallest absolute Gasteiger partial charge is 0.293 e. The number of nitro benzene ring substituents is 1. The topological polar surface area (TPSA) is 141 Å². The van der Waals surface area contributed by atoms with Gasteiger partial charge in [-0.3, -0.25) is 10.1 Å². The minimum absolute atomic E-state index is 0.0769. The zero-order chi connectivity index (χ0) is 21.6. The van der Waals surface area contributed by atoms with Crippen LogP contribution in [0.2, 0.25) is 0 Å². The van der Waals surface area contributed by atoms with Crippen molar-refractivity contribution in [2.45, 2.75) is 24.2 Å². The number of nitrogens with one attached hydrogen (secondary N) is 2. The Labute approximate surface area is 174 Å². The van der Waals surface area contributed by atoms with Crippen molar-refractivity contribution < 1.29 is 13.3 Å². The number of hydrogen-bond donors (Lipinski definition) is 2. The number of anilines is 2. The van der Waals surface area contributed by atoms with Crippen LogP contribution in [-0.2, 0) is 10.0 Å². The average molecular weight is 430 g/mol. The number of piperidine rings is 1. The summed E-state index contributed by atoms with van der Waals surface area (Å²) < 4.78 is 27.0. The lowest BCUT2D eigenvalue weighted by molar-refractivity contribution is -0.384. The van der Waals surface area contributed by atoms with E-state index in [0.717, 1.165) is 25.3 Å². The summed E-state index contributed by atoms with van der Waals surface area (Å²) in [5.74, 6) is 0.430. The maximum atomic E-state index is 12.8. The van der Waals surface area contributed by atoms with Crippen LogP contribution in [0.25, 0.3) is 0 Å². The molecule has 2 aromatic rings. The second kappa shape index (κ2) is 9.51. The summed E-state index contributed by atoms with van der Waals surface area (Å²) in [4.78, 5) is 14.9. The highest BCUT2D eigenvalue weighted by Gasteiger charge is 2.28. The Morgan fingerprint density at radius 3 is 2.60 bits per heavy atom. The fourth-order valence-electron chi connectivity index (χ4n) is 3.24. The Morgan fingerprint density at radius 2 is 1.90 bits per heavy atom. The molecule has 2 N–H and O–H groups in total. The summed E-state index contributed by atoms with van der Waals surface area (Å²) in [5.41, 5.74) is 0.320. The van der Waals surface area contributed by atoms with Gasteiger partial charge in [0.1, 0.15) is 17.6 Å². The van der Waals surface area contributed by atoms with Crippen molar-refractivity contribution in [3.05, 3.63) is 52.2 Å². The first-order valence-electron chi connectivity index (χ1n) is 9.55. The number of nitro groups is 1. The van der Waals surface area contributed by atoms with E-state index < -0.39 is 14.9 Å². The van der Waals surface area contributed by atoms with Crippen LogP contribution in [0.4, 0.5) is 17.2 Å². The fraction of sp³-hybridized carbons (Fsp3) is 0.368. The molecule has 0 atom stereocenters. The third kappa shape index (κ3) is 4.84. The van der Waals surface area contributed by atoms with Crippen LogP contribution < -0.4 is 10.6 Å². The Balaban J connectivity index is 1.70. The molecule has 11 heteroatoms. The highest BCUT2D eigenvalue weighted by molar-refractivity contribution is 7.89. The summed E-state index contributed by atoms with van der Waals surface area (Å²) in [5, 5.41) is 26.5. The van der Waals surface area contributed by atoms with Gasteiger partial charge in [0.2, 0.25) is 10.0 Å². The molecule has 0 aliphatic carbocycles. The van der Waals surface area contributed by atoms with Crippen LogP contribution in [0.3, 0.4) is 0 Å². The van der Waals surface area contributed by atoms with Crippen molar-refractivity contribution in [2.75, 3.05) is 36.8 Å². The van der Waals surface area contributed by atoms with Crippen LogP contribution >= 0.6 is 0 Å². The maximum absolute atomic E-state index is 12.8. The lowest BCUT2D eigenvalue weighted by Crippen LogP contribution is -2.35. The lowest BCUT2D eigenvalue weighted by Gasteiger charge is -2.25. The number of nitrogens with zero attached hydrogens (tertiary/aromatic N) is 4. The summed E-state index contributed by atoms with van der Waals surface area (Å²) in [6.07, 6.45) is 4.12. The molecule has 1 aromatic heterocycles. The minimum Gasteiger partial charge on any atom is -0.378 e. The number of hydrogen-bond acceptors (Lipinski definition) is 8. The van der Waals surface area contributed by atoms with Crippen molar-refractivity contribution in [3.8, 4) is 6.07 Å². The van der Waals surface area contributed by atoms with Gasteiger partial charge in [0, 0.05) is 38.4 Å². The number of aromatic nitrogens is 1. The number of nitriles is 1. The molecular weight excluding hydrogens is 408 g/mol. The quantitative estimate of drug-likeness (QED) is 0.370. The van der Waals surface area contributed by atoms with Crippen LogP contribution in [0.1, 0.15) is 24.8 Å². The van der Waals surface area contributed by atoms with Gasteiger partial charge in [-0.2, -0.15) is 9.57 Å². The van der Waals surface area contributed by atoms with Crippen molar-refractivity contribution in [3.63, 3.8) is 0 Å². The second-order valence-corrected chi connectivity index (χ2v) is 8.70. The van der Waals surface area contributed by atoms with Gasteiger partial charge in [-0.15, -0.1) is 0 Å². The Morgan fingerprint density at radius 1 is 1.17 bits per heavy atom. The van der Waals surface area contributed by atoms with Gasteiger partial charge in [-0.05, 0) is 37.1 Å². The summed E-state index contributed by atoms with van der Waals surface area (Å²) in [7, 11) is -3.75. The van der Waals surface area contributed by atoms with Gasteiger partial charge in [-0.1, -0.05) is 6.42 Å². The van der Waals surface area contributed by atoms with E-state index in [4.69, 9.17) is 5.26 Å². The van der Waals surface area contributed by atoms with Gasteiger partial charge in [0.15, 0.2) is 0 Å². The SMILES string of the molecule is N#Cc1cccnc1NCCNc1ccc(S(=O)(=O)N2CCCCC2)cc1[N+](=O)[O-]. The molecule has 30 heavy (non-hydrogen) atoms. The number of sulfonamides is 1. The highest BCUT2D eigenvalue weighted by Crippen LogP contribution is 2.29. The molecule has 0 unspecified atom stereocenters. The standard InChI is InChI=1S/C19H22N6O4S/c20-14-15-5-4-8-22-19(15)23-10-9-21-17-7-6-16(13-18(17)25(26)27)30(28,29)24-11-2-1-3-12-24/h4-8,13,21H,1-3,9-12H2,(H,22,23). The van der Waals surface area contributed by atoms with E-state index in [1.165, 1.54) is 16.4 Å². The molecule has 3 rings (SSSR count). The Hall–Kier alpha value is -3.23. The molecule has 1 aliphatic rings. The van der Waals surface area contributed by atoms with Crippen LogP contribution in [0.5, 0.6) is 0 Å². The molecule has 1 saturated heterocycles. The van der Waals surface area contributed by atoms with Crippen LogP contribution in [-0.4, -0.2) is 48.8 Å². The lowest BCUT2D eigenvalue weighted by atomic mass is 10.2. The van der Waals surface area contributed by atoms with Gasteiger partial charge < -0.3 is 10.6 Å². The minimum atomic E-state index is -3.75. The predicted molar refractivity (Wildman–Crippen MR) is 112 cm³/mol. The zero-order valence-corrected chi connectivity index (χ0v) is 17.1. The highest BCUT2D eigenvalue weighted by atomic mass is 32.2. The molecule has 10 nitrogen and oxygen atoms in total. The number of benzene rings is 1. The monoisotopic (exact) mass is 430 g/mol. The van der Waals surface area contributed by atoms with E-state index in [2.05, 4.69) is 15.6 Å². The third-order valence-corrected chi connectivity index (χ3v) is 6.67. The number of pyridine rings is 1. The summed E-state index contributed by atoms with van der Waals surface area (Å²) in [6, 6.07) is 9.23. The summed E-state index contributed by atoms with van der Waals surface area (Å²) >= 11 is 0. The van der Waals surface area contributed by atoms with Gasteiger partial charge in [-0.25, -0.2) is 13.4 Å². The average Bonchev–Trinajstić information content (AvgIpc) is 2.77. The molecule has 0 radical (unpaired) electrons. The normalized spacial score (nSPS) is 14.6. The predicted octanol–water partition coefficient (Wildman–Crippen LogP) is 2.56. The van der Waals surface area contributed by atoms with E-state index in [-0.39, 0.29) is 16.3 Å². The molecule has 1 fully saturated rings.